The molecule has 118 valence electrons. The van der Waals surface area contributed by atoms with Gasteiger partial charge in [-0.15, -0.1) is 0 Å². The Balaban J connectivity index is 2.59. The SMILES string of the molecule is CCCCN(CC1CCCN1)C(=O)C(CCC)CCC. The van der Waals surface area contributed by atoms with Crippen molar-refractivity contribution in [3.05, 3.63) is 0 Å². The van der Waals surface area contributed by atoms with E-state index >= 15 is 0 Å². The molecule has 20 heavy (non-hydrogen) atoms. The monoisotopic (exact) mass is 282 g/mol. The summed E-state index contributed by atoms with van der Waals surface area (Å²) in [6, 6.07) is 0.528. The highest BCUT2D eigenvalue weighted by atomic mass is 16.2. The summed E-state index contributed by atoms with van der Waals surface area (Å²) in [5, 5.41) is 3.53. The summed E-state index contributed by atoms with van der Waals surface area (Å²) in [6.07, 6.45) is 9.09. The number of nitrogens with zero attached hydrogens (tertiary/aromatic N) is 1. The molecule has 1 aliphatic rings. The second kappa shape index (κ2) is 10.2. The minimum Gasteiger partial charge on any atom is -0.341 e. The Morgan fingerprint density at radius 2 is 1.90 bits per heavy atom. The molecule has 0 spiro atoms. The zero-order chi connectivity index (χ0) is 14.8. The van der Waals surface area contributed by atoms with Crippen LogP contribution < -0.4 is 5.32 Å². The van der Waals surface area contributed by atoms with E-state index < -0.39 is 0 Å². The average molecular weight is 282 g/mol. The predicted octanol–water partition coefficient (Wildman–Crippen LogP) is 3.58. The lowest BCUT2D eigenvalue weighted by molar-refractivity contribution is -0.136. The molecule has 0 radical (unpaired) electrons. The zero-order valence-electron chi connectivity index (χ0n) is 13.8. The summed E-state index contributed by atoms with van der Waals surface area (Å²) < 4.78 is 0. The smallest absolute Gasteiger partial charge is 0.225 e. The highest BCUT2D eigenvalue weighted by molar-refractivity contribution is 5.78. The number of rotatable bonds is 10. The molecule has 1 fully saturated rings. The third kappa shape index (κ3) is 5.82. The molecule has 0 aliphatic carbocycles. The maximum Gasteiger partial charge on any atom is 0.225 e. The molecule has 3 nitrogen and oxygen atoms in total. The number of nitrogens with one attached hydrogen (secondary N) is 1. The standard InChI is InChI=1S/C17H34N2O/c1-4-7-13-19(14-16-11-8-12-18-16)17(20)15(9-5-2)10-6-3/h15-16,18H,4-14H2,1-3H3. The fourth-order valence-corrected chi connectivity index (χ4v) is 3.17. The van der Waals surface area contributed by atoms with E-state index in [2.05, 4.69) is 31.0 Å². The Morgan fingerprint density at radius 3 is 2.40 bits per heavy atom. The molecule has 1 atom stereocenters. The van der Waals surface area contributed by atoms with Crippen LogP contribution in [0.25, 0.3) is 0 Å². The molecule has 0 bridgehead atoms. The van der Waals surface area contributed by atoms with Crippen LogP contribution in [0.4, 0.5) is 0 Å². The van der Waals surface area contributed by atoms with Crippen LogP contribution in [0, 0.1) is 5.92 Å². The summed E-state index contributed by atoms with van der Waals surface area (Å²) in [5.41, 5.74) is 0. The van der Waals surface area contributed by atoms with Gasteiger partial charge in [-0.3, -0.25) is 4.79 Å². The second-order valence-electron chi connectivity index (χ2n) is 6.21. The Labute approximate surface area is 125 Å². The van der Waals surface area contributed by atoms with Crippen molar-refractivity contribution in [1.82, 2.24) is 10.2 Å². The van der Waals surface area contributed by atoms with Crippen LogP contribution >= 0.6 is 0 Å². The number of carbonyl (C=O) groups is 1. The van der Waals surface area contributed by atoms with Crippen LogP contribution in [0.3, 0.4) is 0 Å². The molecule has 1 aliphatic heterocycles. The number of amides is 1. The molecule has 1 heterocycles. The summed E-state index contributed by atoms with van der Waals surface area (Å²) in [6.45, 7) is 9.55. The first kappa shape index (κ1) is 17.5. The first-order chi connectivity index (χ1) is 9.72. The number of carbonyl (C=O) groups excluding carboxylic acids is 1. The van der Waals surface area contributed by atoms with Gasteiger partial charge in [0.05, 0.1) is 0 Å². The van der Waals surface area contributed by atoms with Crippen molar-refractivity contribution in [3.8, 4) is 0 Å². The van der Waals surface area contributed by atoms with Crippen molar-refractivity contribution >= 4 is 5.91 Å². The van der Waals surface area contributed by atoms with Gasteiger partial charge in [0.1, 0.15) is 0 Å². The van der Waals surface area contributed by atoms with Crippen molar-refractivity contribution < 1.29 is 4.79 Å². The van der Waals surface area contributed by atoms with Gasteiger partial charge in [-0.1, -0.05) is 40.0 Å². The van der Waals surface area contributed by atoms with Gasteiger partial charge < -0.3 is 10.2 Å². The van der Waals surface area contributed by atoms with E-state index in [1.54, 1.807) is 0 Å². The Hall–Kier alpha value is -0.570. The fourth-order valence-electron chi connectivity index (χ4n) is 3.17. The Morgan fingerprint density at radius 1 is 1.20 bits per heavy atom. The Kier molecular flexibility index (Phi) is 8.92. The number of hydrogen-bond donors (Lipinski definition) is 1. The predicted molar refractivity (Wildman–Crippen MR) is 85.8 cm³/mol. The van der Waals surface area contributed by atoms with Crippen molar-refractivity contribution in [3.63, 3.8) is 0 Å². The van der Waals surface area contributed by atoms with E-state index in [0.29, 0.717) is 11.9 Å². The molecular formula is C17H34N2O. The first-order valence-corrected chi connectivity index (χ1v) is 8.75. The molecular weight excluding hydrogens is 248 g/mol. The normalized spacial score (nSPS) is 18.7. The van der Waals surface area contributed by atoms with E-state index in [0.717, 1.165) is 58.2 Å². The lowest BCUT2D eigenvalue weighted by Crippen LogP contribution is -2.44. The lowest BCUT2D eigenvalue weighted by Gasteiger charge is -2.29. The van der Waals surface area contributed by atoms with E-state index in [4.69, 9.17) is 0 Å². The molecule has 0 aromatic heterocycles. The zero-order valence-corrected chi connectivity index (χ0v) is 13.8. The minimum absolute atomic E-state index is 0.253. The van der Waals surface area contributed by atoms with E-state index in [1.165, 1.54) is 12.8 Å². The van der Waals surface area contributed by atoms with Gasteiger partial charge in [-0.05, 0) is 38.6 Å². The minimum atomic E-state index is 0.253. The van der Waals surface area contributed by atoms with Gasteiger partial charge in [-0.2, -0.15) is 0 Å². The largest absolute Gasteiger partial charge is 0.341 e. The van der Waals surface area contributed by atoms with Crippen LogP contribution in [-0.2, 0) is 4.79 Å². The van der Waals surface area contributed by atoms with Gasteiger partial charge in [0.2, 0.25) is 5.91 Å². The van der Waals surface area contributed by atoms with E-state index in [1.807, 2.05) is 0 Å². The van der Waals surface area contributed by atoms with Crippen LogP contribution in [0.2, 0.25) is 0 Å². The topological polar surface area (TPSA) is 32.3 Å². The fraction of sp³-hybridized carbons (Fsp3) is 0.941. The summed E-state index contributed by atoms with van der Waals surface area (Å²) >= 11 is 0. The third-order valence-corrected chi connectivity index (χ3v) is 4.32. The van der Waals surface area contributed by atoms with Crippen molar-refractivity contribution in [2.45, 2.75) is 78.2 Å². The summed E-state index contributed by atoms with van der Waals surface area (Å²) in [5.74, 6) is 0.666. The average Bonchev–Trinajstić information content (AvgIpc) is 2.95. The second-order valence-corrected chi connectivity index (χ2v) is 6.21. The van der Waals surface area contributed by atoms with Crippen LogP contribution in [0.1, 0.15) is 72.1 Å². The van der Waals surface area contributed by atoms with Crippen molar-refractivity contribution in [2.24, 2.45) is 5.92 Å². The number of hydrogen-bond acceptors (Lipinski definition) is 2. The highest BCUT2D eigenvalue weighted by Crippen LogP contribution is 2.18. The van der Waals surface area contributed by atoms with Crippen LogP contribution in [-0.4, -0.2) is 36.5 Å². The van der Waals surface area contributed by atoms with Crippen molar-refractivity contribution in [1.29, 1.82) is 0 Å². The molecule has 3 heteroatoms. The maximum absolute atomic E-state index is 12.8. The summed E-state index contributed by atoms with van der Waals surface area (Å²) in [4.78, 5) is 15.0. The quantitative estimate of drug-likeness (QED) is 0.664. The van der Waals surface area contributed by atoms with Gasteiger partial charge >= 0.3 is 0 Å². The molecule has 1 amide bonds. The van der Waals surface area contributed by atoms with Crippen LogP contribution in [0.5, 0.6) is 0 Å². The van der Waals surface area contributed by atoms with E-state index in [9.17, 15) is 4.79 Å². The number of unbranched alkanes of at least 4 members (excludes halogenated alkanes) is 1. The van der Waals surface area contributed by atoms with Gasteiger partial charge in [-0.25, -0.2) is 0 Å². The third-order valence-electron chi connectivity index (χ3n) is 4.32. The molecule has 1 unspecified atom stereocenters. The molecule has 0 saturated carbocycles. The molecule has 0 aromatic rings. The van der Waals surface area contributed by atoms with Gasteiger partial charge in [0, 0.05) is 25.0 Å². The molecule has 1 saturated heterocycles. The molecule has 1 N–H and O–H groups in total. The first-order valence-electron chi connectivity index (χ1n) is 8.75. The molecule has 0 aromatic carbocycles. The molecule has 1 rings (SSSR count). The maximum atomic E-state index is 12.8. The van der Waals surface area contributed by atoms with Crippen molar-refractivity contribution in [2.75, 3.05) is 19.6 Å². The van der Waals surface area contributed by atoms with Gasteiger partial charge in [0.25, 0.3) is 0 Å². The highest BCUT2D eigenvalue weighted by Gasteiger charge is 2.26. The lowest BCUT2D eigenvalue weighted by atomic mass is 9.96. The van der Waals surface area contributed by atoms with Crippen LogP contribution in [0.15, 0.2) is 0 Å². The van der Waals surface area contributed by atoms with E-state index in [-0.39, 0.29) is 5.92 Å². The Bertz CT molecular complexity index is 256. The summed E-state index contributed by atoms with van der Waals surface area (Å²) in [7, 11) is 0. The van der Waals surface area contributed by atoms with Gasteiger partial charge in [0.15, 0.2) is 0 Å².